The van der Waals surface area contributed by atoms with Crippen molar-refractivity contribution in [3.63, 3.8) is 0 Å². The first-order chi connectivity index (χ1) is 11.9. The maximum Gasteiger partial charge on any atom is 0.416 e. The quantitative estimate of drug-likeness (QED) is 0.828. The highest BCUT2D eigenvalue weighted by Gasteiger charge is 2.44. The summed E-state index contributed by atoms with van der Waals surface area (Å²) < 4.78 is 44.5. The number of hydrogen-bond donors (Lipinski definition) is 0. The molecule has 1 fully saturated rings. The molecule has 0 N–H and O–H groups in total. The second-order valence-corrected chi connectivity index (χ2v) is 6.42. The third kappa shape index (κ3) is 2.91. The van der Waals surface area contributed by atoms with Crippen molar-refractivity contribution in [2.24, 2.45) is 0 Å². The lowest BCUT2D eigenvalue weighted by Gasteiger charge is -2.38. The molecule has 25 heavy (non-hydrogen) atoms. The van der Waals surface area contributed by atoms with Crippen LogP contribution in [0.2, 0.25) is 0 Å². The number of morpholine rings is 1. The predicted molar refractivity (Wildman–Crippen MR) is 84.6 cm³/mol. The fourth-order valence-corrected chi connectivity index (χ4v) is 3.68. The number of amides is 1. The van der Waals surface area contributed by atoms with Crippen LogP contribution in [0.4, 0.5) is 13.2 Å². The minimum absolute atomic E-state index is 0.0336. The minimum atomic E-state index is -4.37. The van der Waals surface area contributed by atoms with E-state index in [4.69, 9.17) is 4.74 Å². The summed E-state index contributed by atoms with van der Waals surface area (Å²) in [6.07, 6.45) is -4.27. The van der Waals surface area contributed by atoms with E-state index in [-0.39, 0.29) is 24.7 Å². The van der Waals surface area contributed by atoms with Crippen LogP contribution in [-0.4, -0.2) is 23.5 Å². The highest BCUT2D eigenvalue weighted by molar-refractivity contribution is 5.79. The molecule has 0 spiro atoms. The molecule has 0 unspecified atom stereocenters. The fourth-order valence-electron chi connectivity index (χ4n) is 3.68. The lowest BCUT2D eigenvalue weighted by molar-refractivity contribution is -0.157. The molecule has 1 heterocycles. The maximum absolute atomic E-state index is 13.0. The van der Waals surface area contributed by atoms with Crippen molar-refractivity contribution >= 4 is 5.91 Å². The molecular weight excluding hydrogens is 331 g/mol. The third-order valence-electron chi connectivity index (χ3n) is 4.83. The first-order valence-corrected chi connectivity index (χ1v) is 8.08. The Balaban J connectivity index is 1.69. The molecule has 2 aliphatic rings. The number of carbonyl (C=O) groups is 1. The van der Waals surface area contributed by atoms with Gasteiger partial charge in [0.15, 0.2) is 0 Å². The van der Waals surface area contributed by atoms with E-state index in [1.807, 2.05) is 30.3 Å². The summed E-state index contributed by atoms with van der Waals surface area (Å²) >= 11 is 0. The molecule has 4 rings (SSSR count). The Morgan fingerprint density at radius 2 is 1.88 bits per heavy atom. The summed E-state index contributed by atoms with van der Waals surface area (Å²) in [4.78, 5) is 14.1. The Kier molecular flexibility index (Phi) is 3.80. The van der Waals surface area contributed by atoms with Gasteiger partial charge in [-0.2, -0.15) is 13.2 Å². The van der Waals surface area contributed by atoms with Gasteiger partial charge in [-0.3, -0.25) is 4.79 Å². The summed E-state index contributed by atoms with van der Waals surface area (Å²) in [6, 6.07) is 13.0. The van der Waals surface area contributed by atoms with E-state index in [1.54, 1.807) is 4.90 Å². The normalized spacial score (nSPS) is 22.7. The molecule has 1 amide bonds. The molecule has 2 atom stereocenters. The van der Waals surface area contributed by atoms with E-state index in [1.165, 1.54) is 12.1 Å². The highest BCUT2D eigenvalue weighted by Crippen LogP contribution is 2.43. The largest absolute Gasteiger partial charge is 0.416 e. The number of nitrogens with zero attached hydrogens (tertiary/aromatic N) is 1. The van der Waals surface area contributed by atoms with E-state index in [0.717, 1.165) is 17.2 Å². The van der Waals surface area contributed by atoms with Crippen molar-refractivity contribution in [2.45, 2.75) is 31.3 Å². The van der Waals surface area contributed by atoms with Crippen LogP contribution in [0.15, 0.2) is 48.5 Å². The lowest BCUT2D eigenvalue weighted by Crippen LogP contribution is -2.46. The molecule has 1 aliphatic carbocycles. The molecule has 0 saturated carbocycles. The van der Waals surface area contributed by atoms with E-state index in [2.05, 4.69) is 0 Å². The second-order valence-electron chi connectivity index (χ2n) is 6.42. The van der Waals surface area contributed by atoms with Crippen LogP contribution in [0.3, 0.4) is 0 Å². The Bertz CT molecular complexity index is 804. The van der Waals surface area contributed by atoms with Gasteiger partial charge in [0.05, 0.1) is 17.7 Å². The van der Waals surface area contributed by atoms with Crippen LogP contribution in [0.1, 0.15) is 28.3 Å². The van der Waals surface area contributed by atoms with Gasteiger partial charge < -0.3 is 9.64 Å². The van der Waals surface area contributed by atoms with Gasteiger partial charge in [0.2, 0.25) is 5.91 Å². The molecule has 0 radical (unpaired) electrons. The van der Waals surface area contributed by atoms with E-state index >= 15 is 0 Å². The summed E-state index contributed by atoms with van der Waals surface area (Å²) in [5.74, 6) is -0.141. The maximum atomic E-state index is 13.0. The van der Waals surface area contributed by atoms with Gasteiger partial charge in [0, 0.05) is 13.0 Å². The second kappa shape index (κ2) is 5.88. The van der Waals surface area contributed by atoms with Crippen LogP contribution in [-0.2, 0) is 28.7 Å². The Labute approximate surface area is 143 Å². The molecular formula is C19H16F3NO2. The number of ether oxygens (including phenoxy) is 1. The Morgan fingerprint density at radius 3 is 2.60 bits per heavy atom. The van der Waals surface area contributed by atoms with Gasteiger partial charge in [-0.25, -0.2) is 0 Å². The highest BCUT2D eigenvalue weighted by atomic mass is 19.4. The molecule has 3 nitrogen and oxygen atoms in total. The number of halogens is 3. The molecule has 2 aromatic carbocycles. The van der Waals surface area contributed by atoms with E-state index in [9.17, 15) is 18.0 Å². The smallest absolute Gasteiger partial charge is 0.366 e. The summed E-state index contributed by atoms with van der Waals surface area (Å²) in [6.45, 7) is 0.388. The molecule has 130 valence electrons. The van der Waals surface area contributed by atoms with Gasteiger partial charge in [-0.15, -0.1) is 0 Å². The average Bonchev–Trinajstić information content (AvgIpc) is 2.95. The monoisotopic (exact) mass is 347 g/mol. The minimum Gasteiger partial charge on any atom is -0.366 e. The van der Waals surface area contributed by atoms with Gasteiger partial charge in [-0.1, -0.05) is 36.4 Å². The van der Waals surface area contributed by atoms with Crippen molar-refractivity contribution in [1.82, 2.24) is 4.90 Å². The van der Waals surface area contributed by atoms with Gasteiger partial charge in [0.25, 0.3) is 0 Å². The zero-order valence-electron chi connectivity index (χ0n) is 13.3. The van der Waals surface area contributed by atoms with Crippen molar-refractivity contribution in [3.8, 4) is 0 Å². The summed E-state index contributed by atoms with van der Waals surface area (Å²) in [5, 5.41) is 0. The molecule has 6 heteroatoms. The zero-order valence-corrected chi connectivity index (χ0v) is 13.3. The zero-order chi connectivity index (χ0) is 17.6. The van der Waals surface area contributed by atoms with Crippen LogP contribution in [0.25, 0.3) is 0 Å². The number of hydrogen-bond acceptors (Lipinski definition) is 2. The Hall–Kier alpha value is -2.34. The first kappa shape index (κ1) is 16.1. The van der Waals surface area contributed by atoms with Crippen LogP contribution >= 0.6 is 0 Å². The topological polar surface area (TPSA) is 29.5 Å². The number of rotatable bonds is 2. The SMILES string of the molecule is O=C1CO[C@@H]2Cc3cc(C(F)(F)F)ccc3[C@@H]2N1Cc1ccccc1. The first-order valence-electron chi connectivity index (χ1n) is 8.08. The van der Waals surface area contributed by atoms with E-state index in [0.29, 0.717) is 18.5 Å². The number of carbonyl (C=O) groups excluding carboxylic acids is 1. The number of alkyl halides is 3. The van der Waals surface area contributed by atoms with Crippen LogP contribution in [0.5, 0.6) is 0 Å². The van der Waals surface area contributed by atoms with Crippen LogP contribution < -0.4 is 0 Å². The summed E-state index contributed by atoms with van der Waals surface area (Å²) in [5.41, 5.74) is 1.68. The summed E-state index contributed by atoms with van der Waals surface area (Å²) in [7, 11) is 0. The van der Waals surface area contributed by atoms with Crippen molar-refractivity contribution < 1.29 is 22.7 Å². The lowest BCUT2D eigenvalue weighted by atomic mass is 10.0. The van der Waals surface area contributed by atoms with E-state index < -0.39 is 11.7 Å². The number of fused-ring (bicyclic) bond motifs is 3. The van der Waals surface area contributed by atoms with Crippen molar-refractivity contribution in [1.29, 1.82) is 0 Å². The molecule has 0 bridgehead atoms. The van der Waals surface area contributed by atoms with Crippen LogP contribution in [0, 0.1) is 0 Å². The third-order valence-corrected chi connectivity index (χ3v) is 4.83. The molecule has 2 aromatic rings. The standard InChI is InChI=1S/C19H16F3NO2/c20-19(21,22)14-6-7-15-13(8-14)9-16-18(15)23(17(24)11-25-16)10-12-4-2-1-3-5-12/h1-8,16,18H,9-11H2/t16-,18+/m1/s1. The van der Waals surface area contributed by atoms with Crippen molar-refractivity contribution in [3.05, 3.63) is 70.8 Å². The number of benzene rings is 2. The van der Waals surface area contributed by atoms with Gasteiger partial charge in [0.1, 0.15) is 6.61 Å². The molecule has 1 aliphatic heterocycles. The fraction of sp³-hybridized carbons (Fsp3) is 0.316. The van der Waals surface area contributed by atoms with Crippen molar-refractivity contribution in [2.75, 3.05) is 6.61 Å². The molecule has 0 aromatic heterocycles. The van der Waals surface area contributed by atoms with Gasteiger partial charge >= 0.3 is 6.18 Å². The van der Waals surface area contributed by atoms with Gasteiger partial charge in [-0.05, 0) is 28.8 Å². The predicted octanol–water partition coefficient (Wildman–Crippen LogP) is 3.73. The average molecular weight is 347 g/mol. The molecule has 1 saturated heterocycles. The Morgan fingerprint density at radius 1 is 1.12 bits per heavy atom.